The fourth-order valence-corrected chi connectivity index (χ4v) is 2.57. The maximum absolute atomic E-state index is 12.1. The lowest BCUT2D eigenvalue weighted by Crippen LogP contribution is -2.41. The van der Waals surface area contributed by atoms with Crippen LogP contribution in [0.2, 0.25) is 0 Å². The molecule has 0 heterocycles. The Morgan fingerprint density at radius 2 is 2.31 bits per heavy atom. The van der Waals surface area contributed by atoms with E-state index in [-0.39, 0.29) is 23.3 Å². The molecule has 0 aliphatic heterocycles. The lowest BCUT2D eigenvalue weighted by molar-refractivity contribution is -0.128. The molecule has 1 amide bonds. The zero-order chi connectivity index (χ0) is 12.2. The van der Waals surface area contributed by atoms with Gasteiger partial charge in [-0.05, 0) is 24.7 Å². The van der Waals surface area contributed by atoms with Gasteiger partial charge in [-0.25, -0.2) is 0 Å². The normalized spacial score (nSPS) is 24.8. The van der Waals surface area contributed by atoms with Gasteiger partial charge in [0.05, 0.1) is 6.04 Å². The molecule has 0 aromatic carbocycles. The fourth-order valence-electron chi connectivity index (χ4n) is 2.57. The van der Waals surface area contributed by atoms with Crippen LogP contribution in [0.15, 0.2) is 0 Å². The molecule has 90 valence electrons. The Bertz CT molecular complexity index is 288. The zero-order valence-corrected chi connectivity index (χ0v) is 10.7. The van der Waals surface area contributed by atoms with Crippen LogP contribution >= 0.6 is 0 Å². The predicted molar refractivity (Wildman–Crippen MR) is 66.8 cm³/mol. The average Bonchev–Trinajstić information content (AvgIpc) is 2.57. The second-order valence-electron chi connectivity index (χ2n) is 5.45. The molecular weight excluding hydrogens is 198 g/mol. The van der Waals surface area contributed by atoms with Crippen molar-refractivity contribution in [1.82, 2.24) is 5.32 Å². The molecule has 1 saturated carbocycles. The van der Waals surface area contributed by atoms with Crippen molar-refractivity contribution in [3.8, 4) is 12.3 Å². The van der Waals surface area contributed by atoms with Crippen LogP contribution < -0.4 is 5.32 Å². The largest absolute Gasteiger partial charge is 0.342 e. The van der Waals surface area contributed by atoms with E-state index >= 15 is 0 Å². The van der Waals surface area contributed by atoms with Crippen molar-refractivity contribution in [2.75, 3.05) is 0 Å². The van der Waals surface area contributed by atoms with Gasteiger partial charge < -0.3 is 5.32 Å². The Balaban J connectivity index is 2.55. The highest BCUT2D eigenvalue weighted by Gasteiger charge is 2.39. The number of terminal acetylenes is 1. The molecular formula is C14H23NO. The highest BCUT2D eigenvalue weighted by molar-refractivity contribution is 5.80. The van der Waals surface area contributed by atoms with E-state index in [4.69, 9.17) is 6.42 Å². The van der Waals surface area contributed by atoms with Gasteiger partial charge in [-0.2, -0.15) is 0 Å². The van der Waals surface area contributed by atoms with E-state index in [0.717, 1.165) is 32.1 Å². The maximum Gasteiger partial charge on any atom is 0.224 e. The Kier molecular flexibility index (Phi) is 4.41. The topological polar surface area (TPSA) is 29.1 Å². The number of nitrogens with one attached hydrogen (secondary N) is 1. The van der Waals surface area contributed by atoms with Gasteiger partial charge in [-0.1, -0.05) is 39.5 Å². The molecule has 1 aliphatic carbocycles. The molecule has 1 N–H and O–H groups in total. The summed E-state index contributed by atoms with van der Waals surface area (Å²) in [5.41, 5.74) is 0.134. The molecule has 2 heteroatoms. The second kappa shape index (κ2) is 5.39. The van der Waals surface area contributed by atoms with E-state index in [9.17, 15) is 4.79 Å². The standard InChI is InChI=1S/C14H23NO/c1-5-8-11(6-2)15-13(16)12-9-7-10-14(12,3)4/h2,11-12H,5,7-10H2,1,3-4H3,(H,15,16). The fraction of sp³-hybridized carbons (Fsp3) is 0.786. The lowest BCUT2D eigenvalue weighted by Gasteiger charge is -2.27. The smallest absolute Gasteiger partial charge is 0.224 e. The van der Waals surface area contributed by atoms with Gasteiger partial charge in [0.15, 0.2) is 0 Å². The van der Waals surface area contributed by atoms with Crippen molar-refractivity contribution < 1.29 is 4.79 Å². The van der Waals surface area contributed by atoms with Crippen LogP contribution in [0.5, 0.6) is 0 Å². The van der Waals surface area contributed by atoms with Gasteiger partial charge in [0, 0.05) is 5.92 Å². The van der Waals surface area contributed by atoms with Gasteiger partial charge in [-0.3, -0.25) is 4.79 Å². The average molecular weight is 221 g/mol. The maximum atomic E-state index is 12.1. The molecule has 0 aromatic heterocycles. The quantitative estimate of drug-likeness (QED) is 0.727. The number of carbonyl (C=O) groups is 1. The van der Waals surface area contributed by atoms with E-state index in [2.05, 4.69) is 32.0 Å². The predicted octanol–water partition coefficient (Wildman–Crippen LogP) is 2.73. The Morgan fingerprint density at radius 1 is 1.62 bits per heavy atom. The Hall–Kier alpha value is -0.970. The third-order valence-corrected chi connectivity index (χ3v) is 3.67. The van der Waals surface area contributed by atoms with E-state index < -0.39 is 0 Å². The highest BCUT2D eigenvalue weighted by atomic mass is 16.2. The van der Waals surface area contributed by atoms with Crippen LogP contribution in [0.1, 0.15) is 52.9 Å². The highest BCUT2D eigenvalue weighted by Crippen LogP contribution is 2.42. The van der Waals surface area contributed by atoms with Crippen molar-refractivity contribution >= 4 is 5.91 Å². The lowest BCUT2D eigenvalue weighted by atomic mass is 9.81. The molecule has 2 atom stereocenters. The number of amides is 1. The van der Waals surface area contributed by atoms with Gasteiger partial charge in [0.1, 0.15) is 0 Å². The van der Waals surface area contributed by atoms with E-state index in [1.54, 1.807) is 0 Å². The van der Waals surface area contributed by atoms with Crippen LogP contribution in [-0.2, 0) is 4.79 Å². The summed E-state index contributed by atoms with van der Waals surface area (Å²) in [6.07, 6.45) is 10.6. The molecule has 0 spiro atoms. The van der Waals surface area contributed by atoms with Crippen molar-refractivity contribution in [2.24, 2.45) is 11.3 Å². The van der Waals surface area contributed by atoms with Gasteiger partial charge in [0.25, 0.3) is 0 Å². The summed E-state index contributed by atoms with van der Waals surface area (Å²) in [7, 11) is 0. The minimum Gasteiger partial charge on any atom is -0.342 e. The third kappa shape index (κ3) is 3.01. The first-order chi connectivity index (χ1) is 7.51. The number of rotatable bonds is 4. The summed E-state index contributed by atoms with van der Waals surface area (Å²) in [6, 6.07) is -0.0890. The molecule has 0 aromatic rings. The van der Waals surface area contributed by atoms with Crippen LogP contribution in [0.4, 0.5) is 0 Å². The van der Waals surface area contributed by atoms with Crippen molar-refractivity contribution in [3.63, 3.8) is 0 Å². The van der Waals surface area contributed by atoms with Crippen molar-refractivity contribution in [3.05, 3.63) is 0 Å². The summed E-state index contributed by atoms with van der Waals surface area (Å²) >= 11 is 0. The molecule has 0 bridgehead atoms. The minimum absolute atomic E-state index is 0.0890. The van der Waals surface area contributed by atoms with E-state index in [1.165, 1.54) is 0 Å². The number of hydrogen-bond acceptors (Lipinski definition) is 1. The summed E-state index contributed by atoms with van der Waals surface area (Å²) in [6.45, 7) is 6.43. The summed E-state index contributed by atoms with van der Waals surface area (Å²) in [5, 5.41) is 2.99. The minimum atomic E-state index is -0.0890. The molecule has 1 rings (SSSR count). The zero-order valence-electron chi connectivity index (χ0n) is 10.7. The first kappa shape index (κ1) is 13.1. The molecule has 1 aliphatic rings. The van der Waals surface area contributed by atoms with Crippen LogP contribution in [0.25, 0.3) is 0 Å². The molecule has 0 radical (unpaired) electrons. The number of hydrogen-bond donors (Lipinski definition) is 1. The third-order valence-electron chi connectivity index (χ3n) is 3.67. The number of carbonyl (C=O) groups excluding carboxylic acids is 1. The first-order valence-electron chi connectivity index (χ1n) is 6.27. The summed E-state index contributed by atoms with van der Waals surface area (Å²) < 4.78 is 0. The van der Waals surface area contributed by atoms with Crippen molar-refractivity contribution in [1.29, 1.82) is 0 Å². The first-order valence-corrected chi connectivity index (χ1v) is 6.27. The molecule has 2 nitrogen and oxygen atoms in total. The van der Waals surface area contributed by atoms with E-state index in [0.29, 0.717) is 0 Å². The SMILES string of the molecule is C#CC(CCC)NC(=O)C1CCCC1(C)C. The van der Waals surface area contributed by atoms with Crippen LogP contribution in [-0.4, -0.2) is 11.9 Å². The Morgan fingerprint density at radius 3 is 2.75 bits per heavy atom. The second-order valence-corrected chi connectivity index (χ2v) is 5.45. The summed E-state index contributed by atoms with van der Waals surface area (Å²) in [4.78, 5) is 12.1. The monoisotopic (exact) mass is 221 g/mol. The van der Waals surface area contributed by atoms with Crippen LogP contribution in [0, 0.1) is 23.7 Å². The molecule has 16 heavy (non-hydrogen) atoms. The van der Waals surface area contributed by atoms with E-state index in [1.807, 2.05) is 0 Å². The van der Waals surface area contributed by atoms with Crippen LogP contribution in [0.3, 0.4) is 0 Å². The van der Waals surface area contributed by atoms with Crippen molar-refractivity contribution in [2.45, 2.75) is 58.9 Å². The summed E-state index contributed by atoms with van der Waals surface area (Å²) in [5.74, 6) is 2.94. The Labute approximate surface area is 99.2 Å². The molecule has 1 fully saturated rings. The van der Waals surface area contributed by atoms with Gasteiger partial charge >= 0.3 is 0 Å². The van der Waals surface area contributed by atoms with Gasteiger partial charge in [-0.15, -0.1) is 6.42 Å². The van der Waals surface area contributed by atoms with Gasteiger partial charge in [0.2, 0.25) is 5.91 Å². The molecule has 2 unspecified atom stereocenters. The molecule has 0 saturated heterocycles.